The minimum Gasteiger partial charge on any atom is -0.321 e. The van der Waals surface area contributed by atoms with Gasteiger partial charge in [-0.25, -0.2) is 9.97 Å². The third kappa shape index (κ3) is 2.94. The van der Waals surface area contributed by atoms with E-state index >= 15 is 0 Å². The van der Waals surface area contributed by atoms with E-state index in [0.717, 1.165) is 38.5 Å². The molecule has 0 spiro atoms. The predicted molar refractivity (Wildman–Crippen MR) is 95.8 cm³/mol. The van der Waals surface area contributed by atoms with Gasteiger partial charge in [-0.3, -0.25) is 4.79 Å². The van der Waals surface area contributed by atoms with Gasteiger partial charge in [0.05, 0.1) is 4.88 Å². The summed E-state index contributed by atoms with van der Waals surface area (Å²) in [7, 11) is 0. The average Bonchev–Trinajstić information content (AvgIpc) is 2.79. The molecule has 1 aromatic carbocycles. The second-order valence-corrected chi connectivity index (χ2v) is 6.94. The van der Waals surface area contributed by atoms with Crippen LogP contribution in [0.15, 0.2) is 18.2 Å². The van der Waals surface area contributed by atoms with Crippen LogP contribution in [0.5, 0.6) is 0 Å². The van der Waals surface area contributed by atoms with Crippen molar-refractivity contribution in [2.24, 2.45) is 0 Å². The number of aromatic nitrogens is 2. The van der Waals surface area contributed by atoms with Gasteiger partial charge in [-0.15, -0.1) is 11.3 Å². The van der Waals surface area contributed by atoms with Crippen LogP contribution in [0.4, 0.5) is 5.69 Å². The van der Waals surface area contributed by atoms with Crippen LogP contribution in [0.3, 0.4) is 0 Å². The Morgan fingerprint density at radius 1 is 1.17 bits per heavy atom. The van der Waals surface area contributed by atoms with Crippen LogP contribution in [0, 0.1) is 27.7 Å². The van der Waals surface area contributed by atoms with Gasteiger partial charge in [0, 0.05) is 21.8 Å². The van der Waals surface area contributed by atoms with Crippen molar-refractivity contribution in [3.8, 4) is 0 Å². The first-order chi connectivity index (χ1) is 10.9. The molecule has 0 atom stereocenters. The Hall–Kier alpha value is -1.98. The van der Waals surface area contributed by atoms with E-state index in [9.17, 15) is 4.79 Å². The summed E-state index contributed by atoms with van der Waals surface area (Å²) in [5, 5.41) is 4.58. The highest BCUT2D eigenvalue weighted by atomic mass is 35.5. The smallest absolute Gasteiger partial charge is 0.266 e. The van der Waals surface area contributed by atoms with Crippen molar-refractivity contribution in [1.82, 2.24) is 9.97 Å². The number of benzene rings is 1. The van der Waals surface area contributed by atoms with Gasteiger partial charge in [0.25, 0.3) is 5.91 Å². The summed E-state index contributed by atoms with van der Waals surface area (Å²) < 4.78 is 0. The van der Waals surface area contributed by atoms with Crippen LogP contribution in [0.25, 0.3) is 10.2 Å². The van der Waals surface area contributed by atoms with E-state index in [0.29, 0.717) is 9.90 Å². The minimum atomic E-state index is -0.132. The Balaban J connectivity index is 2.01. The molecular weight excluding hydrogens is 330 g/mol. The number of nitrogens with zero attached hydrogens (tertiary/aromatic N) is 2. The molecule has 0 saturated heterocycles. The summed E-state index contributed by atoms with van der Waals surface area (Å²) in [5.74, 6) is 0.588. The number of hydrogen-bond donors (Lipinski definition) is 1. The van der Waals surface area contributed by atoms with Crippen molar-refractivity contribution in [2.75, 3.05) is 5.32 Å². The lowest BCUT2D eigenvalue weighted by Gasteiger charge is -2.08. The molecule has 0 fully saturated rings. The van der Waals surface area contributed by atoms with Gasteiger partial charge in [-0.1, -0.05) is 11.6 Å². The molecule has 0 aliphatic heterocycles. The highest BCUT2D eigenvalue weighted by molar-refractivity contribution is 7.20. The fraction of sp³-hybridized carbons (Fsp3) is 0.235. The number of carbonyl (C=O) groups is 1. The normalized spacial score (nSPS) is 11.0. The van der Waals surface area contributed by atoms with Crippen molar-refractivity contribution >= 4 is 44.7 Å². The van der Waals surface area contributed by atoms with Gasteiger partial charge >= 0.3 is 0 Å². The molecule has 2 aromatic heterocycles. The van der Waals surface area contributed by atoms with Gasteiger partial charge in [-0.05, 0) is 57.0 Å². The standard InChI is InChI=1S/C17H16ClN3OS/c1-8-7-12(18)5-6-13(8)21-16(22)15-9(2)14-10(3)19-11(4)20-17(14)23-15/h5-7H,1-4H3,(H,21,22). The number of aryl methyl sites for hydroxylation is 4. The van der Waals surface area contributed by atoms with E-state index in [-0.39, 0.29) is 5.91 Å². The maximum absolute atomic E-state index is 12.7. The topological polar surface area (TPSA) is 54.9 Å². The molecule has 1 N–H and O–H groups in total. The summed E-state index contributed by atoms with van der Waals surface area (Å²) in [4.78, 5) is 23.0. The Bertz CT molecular complexity index is 933. The first-order valence-electron chi connectivity index (χ1n) is 7.18. The first-order valence-corrected chi connectivity index (χ1v) is 8.38. The van der Waals surface area contributed by atoms with E-state index in [1.807, 2.05) is 39.8 Å². The third-order valence-electron chi connectivity index (χ3n) is 3.73. The fourth-order valence-corrected chi connectivity index (χ4v) is 4.04. The molecule has 0 bridgehead atoms. The number of nitrogens with one attached hydrogen (secondary N) is 1. The lowest BCUT2D eigenvalue weighted by molar-refractivity contribution is 0.103. The largest absolute Gasteiger partial charge is 0.321 e. The Kier molecular flexibility index (Phi) is 4.08. The number of fused-ring (bicyclic) bond motifs is 1. The molecule has 23 heavy (non-hydrogen) atoms. The fourth-order valence-electron chi connectivity index (χ4n) is 2.64. The number of carbonyl (C=O) groups excluding carboxylic acids is 1. The molecule has 2 heterocycles. The van der Waals surface area contributed by atoms with Gasteiger partial charge in [0.1, 0.15) is 10.7 Å². The van der Waals surface area contributed by atoms with E-state index < -0.39 is 0 Å². The number of anilines is 1. The Labute approximate surface area is 143 Å². The molecule has 3 rings (SSSR count). The number of rotatable bonds is 2. The van der Waals surface area contributed by atoms with Crippen LogP contribution in [-0.4, -0.2) is 15.9 Å². The maximum atomic E-state index is 12.7. The highest BCUT2D eigenvalue weighted by Gasteiger charge is 2.19. The van der Waals surface area contributed by atoms with Gasteiger partial charge in [0.2, 0.25) is 0 Å². The van der Waals surface area contributed by atoms with E-state index in [4.69, 9.17) is 11.6 Å². The SMILES string of the molecule is Cc1nc(C)c2c(C)c(C(=O)Nc3ccc(Cl)cc3C)sc2n1. The zero-order chi connectivity index (χ0) is 16.7. The highest BCUT2D eigenvalue weighted by Crippen LogP contribution is 2.32. The monoisotopic (exact) mass is 345 g/mol. The summed E-state index contributed by atoms with van der Waals surface area (Å²) in [5.41, 5.74) is 3.52. The summed E-state index contributed by atoms with van der Waals surface area (Å²) in [6.45, 7) is 7.66. The second kappa shape index (κ2) is 5.91. The number of thiophene rings is 1. The van der Waals surface area contributed by atoms with Crippen LogP contribution in [-0.2, 0) is 0 Å². The summed E-state index contributed by atoms with van der Waals surface area (Å²) in [6, 6.07) is 5.41. The van der Waals surface area contributed by atoms with Crippen LogP contribution in [0.2, 0.25) is 5.02 Å². The number of hydrogen-bond acceptors (Lipinski definition) is 4. The Morgan fingerprint density at radius 2 is 1.91 bits per heavy atom. The van der Waals surface area contributed by atoms with E-state index in [1.54, 1.807) is 6.07 Å². The molecule has 118 valence electrons. The predicted octanol–water partition coefficient (Wildman–Crippen LogP) is 4.83. The first kappa shape index (κ1) is 15.9. The number of halogens is 1. The minimum absolute atomic E-state index is 0.132. The van der Waals surface area contributed by atoms with Gasteiger partial charge < -0.3 is 5.32 Å². The zero-order valence-corrected chi connectivity index (χ0v) is 14.9. The molecule has 0 unspecified atom stereocenters. The van der Waals surface area contributed by atoms with Crippen molar-refractivity contribution in [3.63, 3.8) is 0 Å². The molecule has 6 heteroatoms. The summed E-state index contributed by atoms with van der Waals surface area (Å²) >= 11 is 7.35. The van der Waals surface area contributed by atoms with Crippen molar-refractivity contribution in [2.45, 2.75) is 27.7 Å². The molecule has 0 aliphatic rings. The molecule has 0 radical (unpaired) electrons. The van der Waals surface area contributed by atoms with Gasteiger partial charge in [0.15, 0.2) is 0 Å². The van der Waals surface area contributed by atoms with Crippen LogP contribution >= 0.6 is 22.9 Å². The second-order valence-electron chi connectivity index (χ2n) is 5.51. The van der Waals surface area contributed by atoms with Crippen LogP contribution in [0.1, 0.15) is 32.3 Å². The Morgan fingerprint density at radius 3 is 2.61 bits per heavy atom. The lowest BCUT2D eigenvalue weighted by atomic mass is 10.1. The van der Waals surface area contributed by atoms with Crippen molar-refractivity contribution in [1.29, 1.82) is 0 Å². The average molecular weight is 346 g/mol. The zero-order valence-electron chi connectivity index (χ0n) is 13.3. The lowest BCUT2D eigenvalue weighted by Crippen LogP contribution is -2.12. The van der Waals surface area contributed by atoms with E-state index in [2.05, 4.69) is 15.3 Å². The maximum Gasteiger partial charge on any atom is 0.266 e. The third-order valence-corrected chi connectivity index (χ3v) is 5.15. The van der Waals surface area contributed by atoms with Crippen LogP contribution < -0.4 is 5.32 Å². The molecule has 3 aromatic rings. The molecule has 4 nitrogen and oxygen atoms in total. The van der Waals surface area contributed by atoms with Crippen molar-refractivity contribution < 1.29 is 4.79 Å². The molecule has 1 amide bonds. The molecule has 0 saturated carbocycles. The van der Waals surface area contributed by atoms with E-state index in [1.165, 1.54) is 11.3 Å². The molecule has 0 aliphatic carbocycles. The molecular formula is C17H16ClN3OS. The summed E-state index contributed by atoms with van der Waals surface area (Å²) in [6.07, 6.45) is 0. The quantitative estimate of drug-likeness (QED) is 0.723. The van der Waals surface area contributed by atoms with Crippen molar-refractivity contribution in [3.05, 3.63) is 50.7 Å². The van der Waals surface area contributed by atoms with Gasteiger partial charge in [-0.2, -0.15) is 0 Å². The number of amides is 1.